The second kappa shape index (κ2) is 12.9. The molecule has 0 radical (unpaired) electrons. The smallest absolute Gasteiger partial charge is 0.0940 e. The van der Waals surface area contributed by atoms with Crippen molar-refractivity contribution < 1.29 is 10.2 Å². The van der Waals surface area contributed by atoms with Gasteiger partial charge in [-0.25, -0.2) is 0 Å². The van der Waals surface area contributed by atoms with Crippen LogP contribution in [0.15, 0.2) is 48.5 Å². The number of hydrogen-bond donors (Lipinski definition) is 4. The van der Waals surface area contributed by atoms with Gasteiger partial charge in [0.1, 0.15) is 0 Å². The summed E-state index contributed by atoms with van der Waals surface area (Å²) in [5, 5.41) is 27.9. The third kappa shape index (κ3) is 7.21. The summed E-state index contributed by atoms with van der Waals surface area (Å²) in [4.78, 5) is 0. The maximum absolute atomic E-state index is 10.6. The van der Waals surface area contributed by atoms with Crippen molar-refractivity contribution in [3.05, 3.63) is 59.7 Å². The fraction of sp³-hybridized carbons (Fsp3) is 0.538. The van der Waals surface area contributed by atoms with Crippen molar-refractivity contribution in [2.75, 3.05) is 13.1 Å². The quantitative estimate of drug-likeness (QED) is 0.351. The minimum Gasteiger partial charge on any atom is -0.387 e. The standard InChI is InChI=1S/C26H40N2O2/c1-5-7-17-27-19(3)25(29)23-13-9-21(10-14-23)22-11-15-24(16-12-22)26(30)20(4)28-18-8-6-2/h9-16,19-20,25-30H,5-8,17-18H2,1-4H3/t19-,20+,25-,26-/m1/s1. The highest BCUT2D eigenvalue weighted by atomic mass is 16.3. The lowest BCUT2D eigenvalue weighted by Gasteiger charge is -2.21. The van der Waals surface area contributed by atoms with Crippen LogP contribution in [0.4, 0.5) is 0 Å². The van der Waals surface area contributed by atoms with Crippen LogP contribution in [0.1, 0.15) is 76.7 Å². The van der Waals surface area contributed by atoms with Crippen molar-refractivity contribution in [2.24, 2.45) is 0 Å². The van der Waals surface area contributed by atoms with Gasteiger partial charge in [0, 0.05) is 12.1 Å². The molecule has 0 heterocycles. The molecule has 2 rings (SSSR count). The van der Waals surface area contributed by atoms with Crippen molar-refractivity contribution in [1.82, 2.24) is 10.6 Å². The Morgan fingerprint density at radius 3 is 1.27 bits per heavy atom. The minimum atomic E-state index is -0.518. The molecule has 4 atom stereocenters. The van der Waals surface area contributed by atoms with Gasteiger partial charge < -0.3 is 20.8 Å². The fourth-order valence-corrected chi connectivity index (χ4v) is 3.56. The summed E-state index contributed by atoms with van der Waals surface area (Å²) in [5.74, 6) is 0. The van der Waals surface area contributed by atoms with Crippen LogP contribution in [0, 0.1) is 0 Å². The first-order valence-corrected chi connectivity index (χ1v) is 11.5. The second-order valence-electron chi connectivity index (χ2n) is 8.33. The molecule has 4 nitrogen and oxygen atoms in total. The zero-order chi connectivity index (χ0) is 21.9. The molecular weight excluding hydrogens is 372 g/mol. The molecule has 166 valence electrons. The van der Waals surface area contributed by atoms with Crippen molar-refractivity contribution in [3.63, 3.8) is 0 Å². The Morgan fingerprint density at radius 1 is 0.633 bits per heavy atom. The molecule has 0 saturated carbocycles. The predicted octanol–water partition coefficient (Wildman–Crippen LogP) is 4.98. The van der Waals surface area contributed by atoms with Crippen LogP contribution in [-0.4, -0.2) is 35.4 Å². The highest BCUT2D eigenvalue weighted by molar-refractivity contribution is 5.64. The van der Waals surface area contributed by atoms with Crippen LogP contribution in [0.25, 0.3) is 11.1 Å². The lowest BCUT2D eigenvalue weighted by molar-refractivity contribution is 0.136. The van der Waals surface area contributed by atoms with Gasteiger partial charge >= 0.3 is 0 Å². The number of benzene rings is 2. The lowest BCUT2D eigenvalue weighted by Crippen LogP contribution is -2.32. The molecule has 0 aliphatic heterocycles. The molecule has 0 spiro atoms. The summed E-state index contributed by atoms with van der Waals surface area (Å²) in [5.41, 5.74) is 4.06. The van der Waals surface area contributed by atoms with Gasteiger partial charge in [0.2, 0.25) is 0 Å². The van der Waals surface area contributed by atoms with Gasteiger partial charge in [-0.05, 0) is 62.0 Å². The van der Waals surface area contributed by atoms with E-state index in [0.717, 1.165) is 61.0 Å². The molecule has 0 aromatic heterocycles. The first-order chi connectivity index (χ1) is 14.5. The fourth-order valence-electron chi connectivity index (χ4n) is 3.56. The molecule has 0 unspecified atom stereocenters. The molecule has 0 aliphatic carbocycles. The van der Waals surface area contributed by atoms with Crippen LogP contribution in [0.2, 0.25) is 0 Å². The maximum atomic E-state index is 10.6. The van der Waals surface area contributed by atoms with Crippen molar-refractivity contribution in [2.45, 2.75) is 77.7 Å². The second-order valence-corrected chi connectivity index (χ2v) is 8.33. The molecule has 30 heavy (non-hydrogen) atoms. The first kappa shape index (κ1) is 24.5. The van der Waals surface area contributed by atoms with Crippen molar-refractivity contribution in [3.8, 4) is 11.1 Å². The van der Waals surface area contributed by atoms with Crippen molar-refractivity contribution >= 4 is 0 Å². The summed E-state index contributed by atoms with van der Waals surface area (Å²) in [7, 11) is 0. The van der Waals surface area contributed by atoms with Gasteiger partial charge in [-0.2, -0.15) is 0 Å². The van der Waals surface area contributed by atoms with Crippen LogP contribution in [0.5, 0.6) is 0 Å². The average molecular weight is 413 g/mol. The molecule has 0 aliphatic rings. The van der Waals surface area contributed by atoms with E-state index in [9.17, 15) is 10.2 Å². The SMILES string of the molecule is CCCCN[C@@H](C)[C@@H](O)c1ccc(-c2ccc([C@H](O)[C@@H](C)NCCCC)cc2)cc1. The largest absolute Gasteiger partial charge is 0.387 e. The van der Waals surface area contributed by atoms with E-state index >= 15 is 0 Å². The first-order valence-electron chi connectivity index (χ1n) is 11.5. The Bertz CT molecular complexity index is 651. The van der Waals surface area contributed by atoms with Gasteiger partial charge in [0.05, 0.1) is 12.2 Å². The van der Waals surface area contributed by atoms with Crippen LogP contribution >= 0.6 is 0 Å². The van der Waals surface area contributed by atoms with E-state index in [1.54, 1.807) is 0 Å². The number of unbranched alkanes of at least 4 members (excludes halogenated alkanes) is 2. The highest BCUT2D eigenvalue weighted by Gasteiger charge is 2.17. The number of aliphatic hydroxyl groups excluding tert-OH is 2. The average Bonchev–Trinajstić information content (AvgIpc) is 2.78. The Morgan fingerprint density at radius 2 is 0.967 bits per heavy atom. The summed E-state index contributed by atoms with van der Waals surface area (Å²) in [6.07, 6.45) is 3.50. The van der Waals surface area contributed by atoms with Gasteiger partial charge in [-0.3, -0.25) is 0 Å². The van der Waals surface area contributed by atoms with Crippen molar-refractivity contribution in [1.29, 1.82) is 0 Å². The topological polar surface area (TPSA) is 64.5 Å². The van der Waals surface area contributed by atoms with E-state index in [1.807, 2.05) is 38.1 Å². The molecule has 2 aromatic carbocycles. The zero-order valence-corrected chi connectivity index (χ0v) is 19.1. The summed E-state index contributed by atoms with van der Waals surface area (Å²) in [6.45, 7) is 10.2. The van der Waals surface area contributed by atoms with Gasteiger partial charge in [0.15, 0.2) is 0 Å². The monoisotopic (exact) mass is 412 g/mol. The highest BCUT2D eigenvalue weighted by Crippen LogP contribution is 2.26. The van der Waals surface area contributed by atoms with E-state index in [-0.39, 0.29) is 12.1 Å². The predicted molar refractivity (Wildman–Crippen MR) is 127 cm³/mol. The molecule has 0 saturated heterocycles. The van der Waals surface area contributed by atoms with E-state index < -0.39 is 12.2 Å². The summed E-state index contributed by atoms with van der Waals surface area (Å²) in [6, 6.07) is 16.3. The van der Waals surface area contributed by atoms with Crippen LogP contribution in [-0.2, 0) is 0 Å². The normalized spacial score (nSPS) is 15.5. The summed E-state index contributed by atoms with van der Waals surface area (Å²) < 4.78 is 0. The molecule has 2 aromatic rings. The number of aliphatic hydroxyl groups is 2. The molecule has 0 amide bonds. The van der Waals surface area contributed by atoms with Gasteiger partial charge in [-0.15, -0.1) is 0 Å². The van der Waals surface area contributed by atoms with Crippen LogP contribution in [0.3, 0.4) is 0 Å². The van der Waals surface area contributed by atoms with E-state index in [1.165, 1.54) is 0 Å². The Labute approximate surface area is 182 Å². The molecule has 4 N–H and O–H groups in total. The number of nitrogens with one attached hydrogen (secondary N) is 2. The van der Waals surface area contributed by atoms with Gasteiger partial charge in [0.25, 0.3) is 0 Å². The van der Waals surface area contributed by atoms with E-state index in [2.05, 4.69) is 48.7 Å². The maximum Gasteiger partial charge on any atom is 0.0940 e. The third-order valence-electron chi connectivity index (χ3n) is 5.78. The summed E-state index contributed by atoms with van der Waals surface area (Å²) >= 11 is 0. The lowest BCUT2D eigenvalue weighted by atomic mass is 9.97. The Balaban J connectivity index is 1.98. The zero-order valence-electron chi connectivity index (χ0n) is 19.1. The molecule has 4 heteroatoms. The Kier molecular flexibility index (Phi) is 10.5. The molecular formula is C26H40N2O2. The Hall–Kier alpha value is -1.72. The number of hydrogen-bond acceptors (Lipinski definition) is 4. The number of rotatable bonds is 13. The molecule has 0 fully saturated rings. The van der Waals surface area contributed by atoms with E-state index in [0.29, 0.717) is 0 Å². The molecule has 0 bridgehead atoms. The van der Waals surface area contributed by atoms with E-state index in [4.69, 9.17) is 0 Å². The minimum absolute atomic E-state index is 0.0242. The third-order valence-corrected chi connectivity index (χ3v) is 5.78. The van der Waals surface area contributed by atoms with Gasteiger partial charge in [-0.1, -0.05) is 75.2 Å². The van der Waals surface area contributed by atoms with Crippen LogP contribution < -0.4 is 10.6 Å².